The fraction of sp³-hybridized carbons (Fsp3) is 1.00. The van der Waals surface area contributed by atoms with Crippen molar-refractivity contribution in [3.63, 3.8) is 0 Å². The lowest BCUT2D eigenvalue weighted by Gasteiger charge is -2.42. The number of hydrogen-bond donors (Lipinski definition) is 0. The molecular weight excluding hydrogens is 250 g/mol. The van der Waals surface area contributed by atoms with Crippen LogP contribution < -0.4 is 0 Å². The highest BCUT2D eigenvalue weighted by Gasteiger charge is 2.50. The SMILES string of the molecule is CCCCCCCN1C[C@H](C)[C@H]2OC(C)(C)O[C@H]2[C@H]1C. The molecule has 4 atom stereocenters. The summed E-state index contributed by atoms with van der Waals surface area (Å²) in [6.45, 7) is 13.3. The van der Waals surface area contributed by atoms with Gasteiger partial charge in [0.25, 0.3) is 0 Å². The Labute approximate surface area is 125 Å². The molecule has 0 aromatic heterocycles. The van der Waals surface area contributed by atoms with Crippen LogP contribution in [0, 0.1) is 5.92 Å². The number of rotatable bonds is 6. The minimum atomic E-state index is -0.408. The van der Waals surface area contributed by atoms with Crippen molar-refractivity contribution < 1.29 is 9.47 Å². The van der Waals surface area contributed by atoms with Gasteiger partial charge in [0.2, 0.25) is 0 Å². The molecule has 0 radical (unpaired) electrons. The molecule has 2 fully saturated rings. The van der Waals surface area contributed by atoms with Crippen LogP contribution >= 0.6 is 0 Å². The minimum absolute atomic E-state index is 0.240. The van der Waals surface area contributed by atoms with E-state index in [1.54, 1.807) is 0 Å². The second kappa shape index (κ2) is 6.76. The highest BCUT2D eigenvalue weighted by Crippen LogP contribution is 2.38. The lowest BCUT2D eigenvalue weighted by molar-refractivity contribution is -0.149. The van der Waals surface area contributed by atoms with E-state index in [-0.39, 0.29) is 12.2 Å². The zero-order valence-electron chi connectivity index (χ0n) is 14.0. The first-order valence-corrected chi connectivity index (χ1v) is 8.54. The second-order valence-electron chi connectivity index (χ2n) is 7.19. The summed E-state index contributed by atoms with van der Waals surface area (Å²) < 4.78 is 12.2. The summed E-state index contributed by atoms with van der Waals surface area (Å²) in [6, 6.07) is 0.476. The van der Waals surface area contributed by atoms with Gasteiger partial charge in [-0.05, 0) is 39.7 Å². The third kappa shape index (κ3) is 3.75. The maximum Gasteiger partial charge on any atom is 0.163 e. The predicted octanol–water partition coefficient (Wildman–Crippen LogP) is 3.82. The molecule has 0 spiro atoms. The van der Waals surface area contributed by atoms with Crippen molar-refractivity contribution in [3.8, 4) is 0 Å². The lowest BCUT2D eigenvalue weighted by Crippen LogP contribution is -2.56. The third-order valence-electron chi connectivity index (χ3n) is 4.85. The van der Waals surface area contributed by atoms with Crippen molar-refractivity contribution in [2.75, 3.05) is 13.1 Å². The highest BCUT2D eigenvalue weighted by molar-refractivity contribution is 4.97. The van der Waals surface area contributed by atoms with Crippen molar-refractivity contribution in [2.24, 2.45) is 5.92 Å². The number of hydrogen-bond acceptors (Lipinski definition) is 3. The van der Waals surface area contributed by atoms with E-state index in [0.29, 0.717) is 12.0 Å². The summed E-state index contributed by atoms with van der Waals surface area (Å²) in [5.74, 6) is 0.156. The first-order valence-electron chi connectivity index (χ1n) is 8.54. The summed E-state index contributed by atoms with van der Waals surface area (Å²) in [5, 5.41) is 0. The predicted molar refractivity (Wildman–Crippen MR) is 82.8 cm³/mol. The van der Waals surface area contributed by atoms with Crippen LogP contribution in [0.3, 0.4) is 0 Å². The van der Waals surface area contributed by atoms with E-state index in [1.807, 2.05) is 13.8 Å². The number of fused-ring (bicyclic) bond motifs is 1. The Hall–Kier alpha value is -0.120. The summed E-state index contributed by atoms with van der Waals surface area (Å²) in [5.41, 5.74) is 0. The molecule has 2 aliphatic heterocycles. The smallest absolute Gasteiger partial charge is 0.163 e. The normalized spacial score (nSPS) is 37.0. The van der Waals surface area contributed by atoms with Gasteiger partial charge in [-0.25, -0.2) is 0 Å². The molecule has 0 aromatic carbocycles. The molecule has 0 N–H and O–H groups in total. The van der Waals surface area contributed by atoms with Gasteiger partial charge in [0, 0.05) is 12.6 Å². The molecule has 20 heavy (non-hydrogen) atoms. The summed E-state index contributed by atoms with van der Waals surface area (Å²) in [6.07, 6.45) is 7.28. The fourth-order valence-electron chi connectivity index (χ4n) is 3.69. The summed E-state index contributed by atoms with van der Waals surface area (Å²) in [7, 11) is 0. The van der Waals surface area contributed by atoms with Gasteiger partial charge in [0.15, 0.2) is 5.79 Å². The molecule has 2 rings (SSSR count). The Morgan fingerprint density at radius 2 is 1.65 bits per heavy atom. The molecule has 0 aliphatic carbocycles. The van der Waals surface area contributed by atoms with Crippen molar-refractivity contribution in [1.29, 1.82) is 0 Å². The van der Waals surface area contributed by atoms with Crippen molar-refractivity contribution in [1.82, 2.24) is 4.90 Å². The Morgan fingerprint density at radius 1 is 1.00 bits per heavy atom. The number of ether oxygens (including phenoxy) is 2. The van der Waals surface area contributed by atoms with Crippen molar-refractivity contribution >= 4 is 0 Å². The highest BCUT2D eigenvalue weighted by atomic mass is 16.8. The zero-order valence-corrected chi connectivity index (χ0v) is 14.0. The molecule has 0 aromatic rings. The average molecular weight is 283 g/mol. The number of nitrogens with zero attached hydrogens (tertiary/aromatic N) is 1. The van der Waals surface area contributed by atoms with Gasteiger partial charge < -0.3 is 9.47 Å². The first-order chi connectivity index (χ1) is 9.44. The van der Waals surface area contributed by atoms with Crippen LogP contribution in [0.15, 0.2) is 0 Å². The molecule has 0 amide bonds. The van der Waals surface area contributed by atoms with E-state index >= 15 is 0 Å². The molecule has 2 aliphatic rings. The second-order valence-corrected chi connectivity index (χ2v) is 7.19. The van der Waals surface area contributed by atoms with Crippen LogP contribution in [0.5, 0.6) is 0 Å². The van der Waals surface area contributed by atoms with E-state index in [1.165, 1.54) is 38.6 Å². The largest absolute Gasteiger partial charge is 0.344 e. The molecule has 2 saturated heterocycles. The average Bonchev–Trinajstić information content (AvgIpc) is 2.71. The van der Waals surface area contributed by atoms with Crippen molar-refractivity contribution in [2.45, 2.75) is 90.8 Å². The minimum Gasteiger partial charge on any atom is -0.344 e. The molecule has 0 saturated carbocycles. The Balaban J connectivity index is 1.84. The standard InChI is InChI=1S/C17H33NO2/c1-6-7-8-9-10-11-18-12-13(2)15-16(14(18)3)20-17(4,5)19-15/h13-16H,6-12H2,1-5H3/t13-,14+,15+,16-/m0/s1. The summed E-state index contributed by atoms with van der Waals surface area (Å²) in [4.78, 5) is 2.61. The molecule has 3 nitrogen and oxygen atoms in total. The molecule has 3 heteroatoms. The van der Waals surface area contributed by atoms with Gasteiger partial charge in [-0.2, -0.15) is 0 Å². The molecular formula is C17H33NO2. The third-order valence-corrected chi connectivity index (χ3v) is 4.85. The van der Waals surface area contributed by atoms with E-state index in [2.05, 4.69) is 25.7 Å². The molecule has 0 bridgehead atoms. The Morgan fingerprint density at radius 3 is 2.35 bits per heavy atom. The first kappa shape index (κ1) is 16.3. The van der Waals surface area contributed by atoms with Crippen molar-refractivity contribution in [3.05, 3.63) is 0 Å². The van der Waals surface area contributed by atoms with Gasteiger partial charge in [0.1, 0.15) is 6.10 Å². The zero-order chi connectivity index (χ0) is 14.8. The number of unbranched alkanes of at least 4 members (excludes halogenated alkanes) is 4. The Kier molecular flexibility index (Phi) is 5.49. The molecule has 118 valence electrons. The van der Waals surface area contributed by atoms with Crippen LogP contribution in [0.2, 0.25) is 0 Å². The van der Waals surface area contributed by atoms with E-state index in [9.17, 15) is 0 Å². The van der Waals surface area contributed by atoms with Gasteiger partial charge in [-0.1, -0.05) is 39.5 Å². The van der Waals surface area contributed by atoms with E-state index in [4.69, 9.17) is 9.47 Å². The Bertz CT molecular complexity index is 305. The monoisotopic (exact) mass is 283 g/mol. The number of likely N-dealkylation sites (tertiary alicyclic amines) is 1. The van der Waals surface area contributed by atoms with E-state index in [0.717, 1.165) is 6.54 Å². The van der Waals surface area contributed by atoms with Crippen LogP contribution in [-0.4, -0.2) is 42.0 Å². The van der Waals surface area contributed by atoms with E-state index < -0.39 is 5.79 Å². The fourth-order valence-corrected chi connectivity index (χ4v) is 3.69. The quantitative estimate of drug-likeness (QED) is 0.692. The topological polar surface area (TPSA) is 21.7 Å². The molecule has 0 unspecified atom stereocenters. The maximum absolute atomic E-state index is 6.15. The van der Waals surface area contributed by atoms with Crippen LogP contribution in [0.25, 0.3) is 0 Å². The molecule has 2 heterocycles. The maximum atomic E-state index is 6.15. The van der Waals surface area contributed by atoms with Gasteiger partial charge in [-0.15, -0.1) is 0 Å². The number of piperidine rings is 1. The van der Waals surface area contributed by atoms with Crippen LogP contribution in [0.1, 0.15) is 66.7 Å². The lowest BCUT2D eigenvalue weighted by atomic mass is 9.89. The van der Waals surface area contributed by atoms with Crippen LogP contribution in [0.4, 0.5) is 0 Å². The summed E-state index contributed by atoms with van der Waals surface area (Å²) >= 11 is 0. The van der Waals surface area contributed by atoms with Gasteiger partial charge in [-0.3, -0.25) is 4.90 Å². The van der Waals surface area contributed by atoms with Gasteiger partial charge in [0.05, 0.1) is 6.10 Å². The van der Waals surface area contributed by atoms with Gasteiger partial charge >= 0.3 is 0 Å². The van der Waals surface area contributed by atoms with Crippen LogP contribution in [-0.2, 0) is 9.47 Å².